The number of unbranched alkanes of at least 4 members (excludes halogenated alkanes) is 1. The third-order valence-electron chi connectivity index (χ3n) is 5.04. The molecule has 4 rings (SSSR count). The highest BCUT2D eigenvalue weighted by Gasteiger charge is 2.18. The van der Waals surface area contributed by atoms with Crippen molar-refractivity contribution >= 4 is 31.9 Å². The molecule has 0 aliphatic rings. The molecule has 0 saturated heterocycles. The van der Waals surface area contributed by atoms with Gasteiger partial charge in [-0.15, -0.1) is 5.10 Å². The smallest absolute Gasteiger partial charge is 0.197 e. The summed E-state index contributed by atoms with van der Waals surface area (Å²) >= 11 is 7.24. The maximum atomic E-state index is 4.78. The van der Waals surface area contributed by atoms with E-state index in [-0.39, 0.29) is 0 Å². The second-order valence-electron chi connectivity index (χ2n) is 7.72. The van der Waals surface area contributed by atoms with E-state index in [9.17, 15) is 0 Å². The van der Waals surface area contributed by atoms with Crippen molar-refractivity contribution in [1.82, 2.24) is 40.0 Å². The SMILES string of the molecule is CCCCc1nc(C(C)C)nn1Cc1ccc(-n2c(Br)cc(Br)c2-c2nnn[nH]2)cc1. The van der Waals surface area contributed by atoms with E-state index in [0.717, 1.165) is 51.4 Å². The number of hydrogen-bond donors (Lipinski definition) is 1. The van der Waals surface area contributed by atoms with Crippen LogP contribution in [0.15, 0.2) is 39.4 Å². The molecule has 0 unspecified atom stereocenters. The summed E-state index contributed by atoms with van der Waals surface area (Å²) < 4.78 is 5.90. The topological polar surface area (TPSA) is 90.1 Å². The maximum Gasteiger partial charge on any atom is 0.197 e. The third-order valence-corrected chi connectivity index (χ3v) is 6.23. The van der Waals surface area contributed by atoms with E-state index >= 15 is 0 Å². The van der Waals surface area contributed by atoms with E-state index in [1.807, 2.05) is 10.7 Å². The molecule has 1 N–H and O–H groups in total. The van der Waals surface area contributed by atoms with Gasteiger partial charge in [0.25, 0.3) is 0 Å². The second-order valence-corrected chi connectivity index (χ2v) is 9.38. The molecule has 0 radical (unpaired) electrons. The molecule has 0 saturated carbocycles. The lowest BCUT2D eigenvalue weighted by Gasteiger charge is -2.11. The van der Waals surface area contributed by atoms with Gasteiger partial charge >= 0.3 is 0 Å². The van der Waals surface area contributed by atoms with Crippen molar-refractivity contribution in [3.63, 3.8) is 0 Å². The Hall–Kier alpha value is -2.33. The molecule has 3 heterocycles. The fourth-order valence-corrected chi connectivity index (χ4v) is 4.89. The number of tetrazole rings is 1. The van der Waals surface area contributed by atoms with Gasteiger partial charge < -0.3 is 0 Å². The van der Waals surface area contributed by atoms with Crippen LogP contribution >= 0.6 is 31.9 Å². The molecule has 0 aliphatic heterocycles. The van der Waals surface area contributed by atoms with E-state index in [4.69, 9.17) is 10.1 Å². The molecule has 0 spiro atoms. The van der Waals surface area contributed by atoms with Crippen molar-refractivity contribution < 1.29 is 0 Å². The van der Waals surface area contributed by atoms with Gasteiger partial charge in [0.1, 0.15) is 11.5 Å². The zero-order valence-electron chi connectivity index (χ0n) is 17.7. The number of benzene rings is 1. The third kappa shape index (κ3) is 4.64. The van der Waals surface area contributed by atoms with Crippen LogP contribution in [-0.4, -0.2) is 40.0 Å². The first-order valence-corrected chi connectivity index (χ1v) is 11.9. The highest BCUT2D eigenvalue weighted by Crippen LogP contribution is 2.35. The van der Waals surface area contributed by atoms with Crippen LogP contribution in [-0.2, 0) is 13.0 Å². The number of aromatic nitrogens is 8. The summed E-state index contributed by atoms with van der Waals surface area (Å²) in [7, 11) is 0. The number of nitrogens with zero attached hydrogens (tertiary/aromatic N) is 7. The average molecular weight is 548 g/mol. The van der Waals surface area contributed by atoms with Gasteiger partial charge in [-0.05, 0) is 72.5 Å². The summed E-state index contributed by atoms with van der Waals surface area (Å²) in [5, 5.41) is 19.1. The molecule has 0 fully saturated rings. The Morgan fingerprint density at radius 1 is 1.13 bits per heavy atom. The van der Waals surface area contributed by atoms with Gasteiger partial charge in [-0.1, -0.05) is 39.3 Å². The van der Waals surface area contributed by atoms with E-state index < -0.39 is 0 Å². The van der Waals surface area contributed by atoms with Gasteiger partial charge in [-0.25, -0.2) is 14.8 Å². The predicted octanol–water partition coefficient (Wildman–Crippen LogP) is 5.29. The molecular weight excluding hydrogens is 524 g/mol. The van der Waals surface area contributed by atoms with E-state index in [1.54, 1.807) is 0 Å². The van der Waals surface area contributed by atoms with Crippen LogP contribution in [0.25, 0.3) is 17.2 Å². The molecule has 4 aromatic rings. The number of nitrogens with one attached hydrogen (secondary N) is 1. The molecule has 8 nitrogen and oxygen atoms in total. The van der Waals surface area contributed by atoms with E-state index in [1.165, 1.54) is 5.56 Å². The normalized spacial score (nSPS) is 11.5. The highest BCUT2D eigenvalue weighted by atomic mass is 79.9. The van der Waals surface area contributed by atoms with Crippen molar-refractivity contribution in [3.8, 4) is 17.2 Å². The summed E-state index contributed by atoms with van der Waals surface area (Å²) in [5.74, 6) is 2.88. The number of hydrogen-bond acceptors (Lipinski definition) is 5. The quantitative estimate of drug-likeness (QED) is 0.324. The summed E-state index contributed by atoms with van der Waals surface area (Å²) in [4.78, 5) is 4.78. The van der Waals surface area contributed by atoms with Crippen molar-refractivity contribution in [2.75, 3.05) is 0 Å². The van der Waals surface area contributed by atoms with Crippen molar-refractivity contribution in [1.29, 1.82) is 0 Å². The highest BCUT2D eigenvalue weighted by molar-refractivity contribution is 9.11. The first-order chi connectivity index (χ1) is 15.0. The van der Waals surface area contributed by atoms with E-state index in [2.05, 4.69) is 102 Å². The Balaban J connectivity index is 1.62. The minimum atomic E-state index is 0.317. The van der Waals surface area contributed by atoms with Gasteiger partial charge in [-0.3, -0.25) is 4.57 Å². The molecule has 0 atom stereocenters. The molecule has 31 heavy (non-hydrogen) atoms. The predicted molar refractivity (Wildman–Crippen MR) is 126 cm³/mol. The van der Waals surface area contributed by atoms with Crippen LogP contribution in [0.2, 0.25) is 0 Å². The minimum Gasteiger partial charge on any atom is -0.300 e. The Morgan fingerprint density at radius 3 is 2.55 bits per heavy atom. The number of halogens is 2. The monoisotopic (exact) mass is 546 g/mol. The van der Waals surface area contributed by atoms with Gasteiger partial charge in [0.2, 0.25) is 0 Å². The summed E-state index contributed by atoms with van der Waals surface area (Å²) in [6.45, 7) is 7.16. The van der Waals surface area contributed by atoms with Gasteiger partial charge in [0.05, 0.1) is 11.1 Å². The molecule has 10 heteroatoms. The molecule has 162 valence electrons. The van der Waals surface area contributed by atoms with Crippen molar-refractivity contribution in [2.45, 2.75) is 52.5 Å². The molecule has 1 aromatic carbocycles. The number of H-pyrrole nitrogens is 1. The second kappa shape index (κ2) is 9.44. The molecule has 0 aliphatic carbocycles. The van der Waals surface area contributed by atoms with Crippen molar-refractivity contribution in [2.24, 2.45) is 0 Å². The molecular formula is C21H24Br2N8. The van der Waals surface area contributed by atoms with Crippen LogP contribution in [0.1, 0.15) is 56.7 Å². The van der Waals surface area contributed by atoms with Crippen LogP contribution in [0, 0.1) is 0 Å². The number of rotatable bonds is 8. The maximum absolute atomic E-state index is 4.78. The fraction of sp³-hybridized carbons (Fsp3) is 0.381. The number of aryl methyl sites for hydroxylation is 1. The van der Waals surface area contributed by atoms with Crippen LogP contribution in [0.4, 0.5) is 0 Å². The van der Waals surface area contributed by atoms with Crippen molar-refractivity contribution in [3.05, 3.63) is 56.6 Å². The van der Waals surface area contributed by atoms with Crippen LogP contribution in [0.5, 0.6) is 0 Å². The molecule has 0 bridgehead atoms. The Labute approximate surface area is 197 Å². The zero-order valence-corrected chi connectivity index (χ0v) is 20.9. The largest absolute Gasteiger partial charge is 0.300 e. The Bertz CT molecular complexity index is 1140. The Kier molecular flexibility index (Phi) is 6.66. The summed E-state index contributed by atoms with van der Waals surface area (Å²) in [5.41, 5.74) is 3.02. The van der Waals surface area contributed by atoms with Crippen LogP contribution in [0.3, 0.4) is 0 Å². The average Bonchev–Trinajstić information content (AvgIpc) is 3.46. The fourth-order valence-electron chi connectivity index (χ4n) is 3.39. The first kappa shape index (κ1) is 21.9. The van der Waals surface area contributed by atoms with Gasteiger partial charge in [0, 0.05) is 22.5 Å². The standard InChI is InChI=1S/C21H24Br2N8/c1-4-5-6-18-24-20(13(2)3)27-30(18)12-14-7-9-15(10-8-14)31-17(23)11-16(22)19(31)21-25-28-29-26-21/h7-11,13H,4-6,12H2,1-3H3,(H,25,26,28,29). The zero-order chi connectivity index (χ0) is 22.0. The first-order valence-electron chi connectivity index (χ1n) is 10.3. The summed E-state index contributed by atoms with van der Waals surface area (Å²) in [6.07, 6.45) is 3.21. The Morgan fingerprint density at radius 2 is 1.90 bits per heavy atom. The lowest BCUT2D eigenvalue weighted by atomic mass is 10.2. The summed E-state index contributed by atoms with van der Waals surface area (Å²) in [6, 6.07) is 10.4. The molecule has 3 aromatic heterocycles. The minimum absolute atomic E-state index is 0.317. The molecule has 0 amide bonds. The lowest BCUT2D eigenvalue weighted by Crippen LogP contribution is -2.08. The lowest BCUT2D eigenvalue weighted by molar-refractivity contribution is 0.610. The number of aromatic amines is 1. The van der Waals surface area contributed by atoms with Gasteiger partial charge in [-0.2, -0.15) is 5.10 Å². The van der Waals surface area contributed by atoms with Crippen LogP contribution < -0.4 is 0 Å². The van der Waals surface area contributed by atoms with E-state index in [0.29, 0.717) is 18.3 Å². The van der Waals surface area contributed by atoms with Gasteiger partial charge in [0.15, 0.2) is 11.6 Å².